The fraction of sp³-hybridized carbons (Fsp3) is 0.312. The Kier molecular flexibility index (Phi) is 4.38. The van der Waals surface area contributed by atoms with Gasteiger partial charge in [-0.15, -0.1) is 5.73 Å². The average molecular weight is 271 g/mol. The first-order valence-electron chi connectivity index (χ1n) is 6.52. The van der Waals surface area contributed by atoms with Crippen molar-refractivity contribution in [2.75, 3.05) is 6.61 Å². The van der Waals surface area contributed by atoms with Gasteiger partial charge in [0, 0.05) is 12.8 Å². The number of carbonyl (C=O) groups is 2. The fourth-order valence-corrected chi connectivity index (χ4v) is 2.23. The van der Waals surface area contributed by atoms with E-state index >= 15 is 0 Å². The van der Waals surface area contributed by atoms with Gasteiger partial charge >= 0.3 is 6.09 Å². The van der Waals surface area contributed by atoms with Crippen LogP contribution < -0.4 is 0 Å². The number of benzene rings is 1. The maximum Gasteiger partial charge on any atom is 0.415 e. The summed E-state index contributed by atoms with van der Waals surface area (Å²) in [5, 5.41) is 0. The highest BCUT2D eigenvalue weighted by Crippen LogP contribution is 2.32. The van der Waals surface area contributed by atoms with Crippen molar-refractivity contribution in [3.05, 3.63) is 53.9 Å². The highest BCUT2D eigenvalue weighted by Gasteiger charge is 2.36. The van der Waals surface area contributed by atoms with Crippen molar-refractivity contribution >= 4 is 11.9 Å². The molecule has 4 nitrogen and oxygen atoms in total. The van der Waals surface area contributed by atoms with Crippen LogP contribution in [0.1, 0.15) is 31.4 Å². The van der Waals surface area contributed by atoms with Crippen LogP contribution in [0.15, 0.2) is 48.3 Å². The van der Waals surface area contributed by atoms with Crippen molar-refractivity contribution in [3.63, 3.8) is 0 Å². The van der Waals surface area contributed by atoms with E-state index in [9.17, 15) is 9.59 Å². The Balaban J connectivity index is 2.24. The molecule has 20 heavy (non-hydrogen) atoms. The highest BCUT2D eigenvalue weighted by molar-refractivity contribution is 5.76. The molecule has 4 heteroatoms. The van der Waals surface area contributed by atoms with Crippen LogP contribution in [0.5, 0.6) is 0 Å². The maximum atomic E-state index is 11.9. The summed E-state index contributed by atoms with van der Waals surface area (Å²) in [5.74, 6) is 0.0709. The van der Waals surface area contributed by atoms with Crippen LogP contribution >= 0.6 is 0 Å². The summed E-state index contributed by atoms with van der Waals surface area (Å²) in [6, 6.07) is 9.48. The molecular weight excluding hydrogens is 254 g/mol. The third kappa shape index (κ3) is 2.98. The lowest BCUT2D eigenvalue weighted by Gasteiger charge is -2.23. The summed E-state index contributed by atoms with van der Waals surface area (Å²) in [6.45, 7) is 5.45. The summed E-state index contributed by atoms with van der Waals surface area (Å²) in [7, 11) is 0. The summed E-state index contributed by atoms with van der Waals surface area (Å²) < 4.78 is 5.14. The van der Waals surface area contributed by atoms with Crippen LogP contribution in [0, 0.1) is 0 Å². The number of hydrogen-bond acceptors (Lipinski definition) is 3. The van der Waals surface area contributed by atoms with Gasteiger partial charge in [0.15, 0.2) is 0 Å². The Hall–Kier alpha value is -2.32. The number of amides is 1. The van der Waals surface area contributed by atoms with Crippen molar-refractivity contribution in [1.82, 2.24) is 4.90 Å². The monoisotopic (exact) mass is 271 g/mol. The zero-order chi connectivity index (χ0) is 14.5. The number of Topliss-reactive ketones (excluding diaryl/α,β-unsaturated/α-hetero) is 1. The summed E-state index contributed by atoms with van der Waals surface area (Å²) >= 11 is 0. The fourth-order valence-electron chi connectivity index (χ4n) is 2.23. The summed E-state index contributed by atoms with van der Waals surface area (Å²) in [4.78, 5) is 24.6. The molecule has 1 aliphatic heterocycles. The number of ether oxygens (including phenoxy) is 1. The molecule has 0 saturated carbocycles. The summed E-state index contributed by atoms with van der Waals surface area (Å²) in [5.41, 5.74) is 4.37. The molecule has 0 aromatic heterocycles. The normalized spacial score (nSPS) is 17.6. The molecule has 1 atom stereocenters. The number of ketones is 1. The first kappa shape index (κ1) is 14.1. The second-order valence-electron chi connectivity index (χ2n) is 4.70. The molecule has 0 N–H and O–H groups in total. The van der Waals surface area contributed by atoms with Gasteiger partial charge in [0.1, 0.15) is 12.4 Å². The predicted octanol–water partition coefficient (Wildman–Crippen LogP) is 3.22. The molecule has 0 radical (unpaired) electrons. The van der Waals surface area contributed by atoms with Gasteiger partial charge in [-0.3, -0.25) is 4.90 Å². The van der Waals surface area contributed by atoms with E-state index in [1.54, 1.807) is 4.90 Å². The summed E-state index contributed by atoms with van der Waals surface area (Å²) in [6.07, 6.45) is 0.397. The molecule has 104 valence electrons. The van der Waals surface area contributed by atoms with Crippen molar-refractivity contribution in [2.45, 2.75) is 25.8 Å². The van der Waals surface area contributed by atoms with Crippen LogP contribution in [-0.2, 0) is 9.53 Å². The number of rotatable bonds is 5. The number of hydrogen-bond donors (Lipinski definition) is 0. The molecule has 1 amide bonds. The topological polar surface area (TPSA) is 46.6 Å². The minimum atomic E-state index is -0.409. The number of allylic oxidation sites excluding steroid dienone is 1. The largest absolute Gasteiger partial charge is 0.447 e. The third-order valence-electron chi connectivity index (χ3n) is 3.27. The first-order chi connectivity index (χ1) is 9.63. The lowest BCUT2D eigenvalue weighted by Crippen LogP contribution is -2.27. The lowest BCUT2D eigenvalue weighted by atomic mass is 10.1. The molecule has 0 spiro atoms. The Morgan fingerprint density at radius 1 is 1.40 bits per heavy atom. The van der Waals surface area contributed by atoms with Crippen molar-refractivity contribution in [1.29, 1.82) is 0 Å². The highest BCUT2D eigenvalue weighted by atomic mass is 16.6. The van der Waals surface area contributed by atoms with Crippen LogP contribution in [0.2, 0.25) is 0 Å². The molecule has 1 fully saturated rings. The zero-order valence-electron chi connectivity index (χ0n) is 11.5. The molecule has 1 aromatic carbocycles. The standard InChI is InChI=1S/C16H17NO3/c1-3-14(10-9-12(2)18)17-15(11-20-16(17)19)13-7-5-4-6-8-13/h4-8,15H,1,9-11H2,2H3/t15-/m0/s1. The number of carbonyl (C=O) groups excluding carboxylic acids is 2. The van der Waals surface area contributed by atoms with E-state index in [1.165, 1.54) is 6.92 Å². The van der Waals surface area contributed by atoms with Crippen LogP contribution in [0.3, 0.4) is 0 Å². The van der Waals surface area contributed by atoms with E-state index in [0.717, 1.165) is 5.56 Å². The van der Waals surface area contributed by atoms with Gasteiger partial charge in [-0.25, -0.2) is 4.79 Å². The molecule has 1 saturated heterocycles. The lowest BCUT2D eigenvalue weighted by molar-refractivity contribution is -0.117. The second kappa shape index (κ2) is 6.22. The Morgan fingerprint density at radius 3 is 2.70 bits per heavy atom. The van der Waals surface area contributed by atoms with E-state index in [0.29, 0.717) is 25.1 Å². The minimum absolute atomic E-state index is 0.0709. The average Bonchev–Trinajstić information content (AvgIpc) is 2.83. The minimum Gasteiger partial charge on any atom is -0.447 e. The van der Waals surface area contributed by atoms with Crippen molar-refractivity contribution in [2.24, 2.45) is 0 Å². The molecule has 2 rings (SSSR count). The van der Waals surface area contributed by atoms with Gasteiger partial charge in [-0.1, -0.05) is 36.9 Å². The Morgan fingerprint density at radius 2 is 2.10 bits per heavy atom. The quantitative estimate of drug-likeness (QED) is 0.772. The van der Waals surface area contributed by atoms with E-state index in [4.69, 9.17) is 4.74 Å². The van der Waals surface area contributed by atoms with Gasteiger partial charge < -0.3 is 9.53 Å². The van der Waals surface area contributed by atoms with Gasteiger partial charge in [-0.2, -0.15) is 0 Å². The second-order valence-corrected chi connectivity index (χ2v) is 4.70. The first-order valence-corrected chi connectivity index (χ1v) is 6.52. The molecular formula is C16H17NO3. The van der Waals surface area contributed by atoms with E-state index in [1.807, 2.05) is 30.3 Å². The van der Waals surface area contributed by atoms with Crippen LogP contribution in [-0.4, -0.2) is 23.4 Å². The van der Waals surface area contributed by atoms with Gasteiger partial charge in [0.2, 0.25) is 0 Å². The van der Waals surface area contributed by atoms with Gasteiger partial charge in [-0.05, 0) is 12.5 Å². The van der Waals surface area contributed by atoms with Gasteiger partial charge in [0.25, 0.3) is 0 Å². The SMILES string of the molecule is C=C=C(CCC(C)=O)N1C(=O)OC[C@H]1c1ccccc1. The van der Waals surface area contributed by atoms with E-state index in [-0.39, 0.29) is 11.8 Å². The molecule has 0 aliphatic carbocycles. The van der Waals surface area contributed by atoms with Crippen molar-refractivity contribution in [3.8, 4) is 0 Å². The number of cyclic esters (lactones) is 1. The molecule has 1 aromatic rings. The van der Waals surface area contributed by atoms with Crippen LogP contribution in [0.4, 0.5) is 4.79 Å². The Bertz CT molecular complexity index is 558. The van der Waals surface area contributed by atoms with Crippen molar-refractivity contribution < 1.29 is 14.3 Å². The molecule has 1 aliphatic rings. The van der Waals surface area contributed by atoms with Gasteiger partial charge in [0.05, 0.1) is 11.7 Å². The molecule has 1 heterocycles. The molecule has 0 bridgehead atoms. The number of nitrogens with zero attached hydrogens (tertiary/aromatic N) is 1. The Labute approximate surface area is 118 Å². The third-order valence-corrected chi connectivity index (χ3v) is 3.27. The van der Waals surface area contributed by atoms with E-state index in [2.05, 4.69) is 12.3 Å². The zero-order valence-corrected chi connectivity index (χ0v) is 11.5. The molecule has 0 unspecified atom stereocenters. The van der Waals surface area contributed by atoms with Crippen LogP contribution in [0.25, 0.3) is 0 Å². The predicted molar refractivity (Wildman–Crippen MR) is 74.9 cm³/mol. The smallest absolute Gasteiger partial charge is 0.415 e. The maximum absolute atomic E-state index is 11.9. The van der Waals surface area contributed by atoms with E-state index < -0.39 is 6.09 Å².